The molecule has 0 atom stereocenters. The topological polar surface area (TPSA) is 89.0 Å². The van der Waals surface area contributed by atoms with Crippen molar-refractivity contribution in [2.75, 3.05) is 17.7 Å². The average molecular weight is 525 g/mol. The number of aryl methyl sites for hydroxylation is 1. The number of hydrogen-bond acceptors (Lipinski definition) is 5. The number of fused-ring (bicyclic) bond motifs is 1. The van der Waals surface area contributed by atoms with Crippen LogP contribution >= 0.6 is 11.8 Å². The molecule has 0 fully saturated rings. The second kappa shape index (κ2) is 11.4. The molecule has 0 spiro atoms. The predicted molar refractivity (Wildman–Crippen MR) is 153 cm³/mol. The lowest BCUT2D eigenvalue weighted by Gasteiger charge is -2.14. The molecule has 0 unspecified atom stereocenters. The van der Waals surface area contributed by atoms with Crippen LogP contribution < -0.4 is 15.6 Å². The quantitative estimate of drug-likeness (QED) is 0.180. The number of carbonyl (C=O) groups excluding carboxylic acids is 1. The Kier molecular flexibility index (Phi) is 7.60. The van der Waals surface area contributed by atoms with Gasteiger partial charge in [-0.15, -0.1) is 0 Å². The molecule has 2 N–H and O–H groups in total. The summed E-state index contributed by atoms with van der Waals surface area (Å²) in [6.45, 7) is 4.52. The molecule has 0 bridgehead atoms. The molecule has 1 amide bonds. The Hall–Kier alpha value is -4.30. The minimum Gasteiger partial charge on any atom is -0.494 e. The molecule has 38 heavy (non-hydrogen) atoms. The summed E-state index contributed by atoms with van der Waals surface area (Å²) >= 11 is 1.23. The lowest BCUT2D eigenvalue weighted by atomic mass is 10.1. The predicted octanol–water partition coefficient (Wildman–Crippen LogP) is 6.07. The smallest absolute Gasteiger partial charge is 0.283 e. The zero-order chi connectivity index (χ0) is 26.5. The molecule has 0 saturated carbocycles. The summed E-state index contributed by atoms with van der Waals surface area (Å²) in [5, 5.41) is 3.43. The molecule has 8 heteroatoms. The van der Waals surface area contributed by atoms with Crippen LogP contribution in [-0.4, -0.2) is 32.8 Å². The summed E-state index contributed by atoms with van der Waals surface area (Å²) in [6, 6.07) is 24.8. The number of aromatic amines is 1. The fraction of sp³-hybridized carbons (Fsp3) is 0.167. The first-order valence-electron chi connectivity index (χ1n) is 12.5. The number of anilines is 1. The Balaban J connectivity index is 1.54. The average Bonchev–Trinajstić information content (AvgIpc) is 3.38. The van der Waals surface area contributed by atoms with Crippen LogP contribution in [0.3, 0.4) is 0 Å². The SMILES string of the molecule is CCOc1ccc(-n2c(SCC(=O)Nc3ccccc3CC)nc3c(-c4ccccc4)c[nH]c3c2=O)cc1. The van der Waals surface area contributed by atoms with E-state index in [9.17, 15) is 9.59 Å². The molecular weight excluding hydrogens is 496 g/mol. The fourth-order valence-corrected chi connectivity index (χ4v) is 5.13. The van der Waals surface area contributed by atoms with Gasteiger partial charge in [0.2, 0.25) is 5.91 Å². The van der Waals surface area contributed by atoms with E-state index in [0.29, 0.717) is 34.2 Å². The van der Waals surface area contributed by atoms with Gasteiger partial charge in [0.15, 0.2) is 5.16 Å². The second-order valence-electron chi connectivity index (χ2n) is 8.60. The van der Waals surface area contributed by atoms with Gasteiger partial charge in [-0.3, -0.25) is 14.2 Å². The first-order chi connectivity index (χ1) is 18.6. The van der Waals surface area contributed by atoms with Gasteiger partial charge in [-0.1, -0.05) is 67.2 Å². The van der Waals surface area contributed by atoms with Crippen molar-refractivity contribution >= 4 is 34.4 Å². The van der Waals surface area contributed by atoms with Crippen LogP contribution in [0.15, 0.2) is 95.0 Å². The molecule has 0 aliphatic heterocycles. The van der Waals surface area contributed by atoms with Crippen molar-refractivity contribution in [3.8, 4) is 22.6 Å². The highest BCUT2D eigenvalue weighted by Gasteiger charge is 2.19. The van der Waals surface area contributed by atoms with E-state index in [1.807, 2.05) is 85.8 Å². The summed E-state index contributed by atoms with van der Waals surface area (Å²) in [5.74, 6) is 0.645. The van der Waals surface area contributed by atoms with Crippen molar-refractivity contribution < 1.29 is 9.53 Å². The molecule has 0 radical (unpaired) electrons. The summed E-state index contributed by atoms with van der Waals surface area (Å²) in [4.78, 5) is 34.7. The van der Waals surface area contributed by atoms with Crippen molar-refractivity contribution in [2.24, 2.45) is 0 Å². The van der Waals surface area contributed by atoms with E-state index >= 15 is 0 Å². The van der Waals surface area contributed by atoms with Gasteiger partial charge in [0.25, 0.3) is 5.56 Å². The van der Waals surface area contributed by atoms with Gasteiger partial charge in [0, 0.05) is 17.4 Å². The summed E-state index contributed by atoms with van der Waals surface area (Å²) in [6.07, 6.45) is 2.62. The van der Waals surface area contributed by atoms with Gasteiger partial charge >= 0.3 is 0 Å². The van der Waals surface area contributed by atoms with E-state index in [4.69, 9.17) is 9.72 Å². The molecule has 2 aromatic heterocycles. The first-order valence-corrected chi connectivity index (χ1v) is 13.5. The highest BCUT2D eigenvalue weighted by Crippen LogP contribution is 2.29. The molecule has 5 aromatic rings. The number of H-pyrrole nitrogens is 1. The normalized spacial score (nSPS) is 11.0. The van der Waals surface area contributed by atoms with Gasteiger partial charge in [0.05, 0.1) is 18.0 Å². The Morgan fingerprint density at radius 1 is 1.00 bits per heavy atom. The van der Waals surface area contributed by atoms with Crippen LogP contribution in [0, 0.1) is 0 Å². The molecule has 0 aliphatic carbocycles. The second-order valence-corrected chi connectivity index (χ2v) is 9.54. The summed E-state index contributed by atoms with van der Waals surface area (Å²) in [5.41, 5.74) is 5.03. The zero-order valence-corrected chi connectivity index (χ0v) is 22.0. The molecule has 5 rings (SSSR count). The van der Waals surface area contributed by atoms with E-state index in [1.54, 1.807) is 10.8 Å². The van der Waals surface area contributed by atoms with E-state index in [1.165, 1.54) is 11.8 Å². The van der Waals surface area contributed by atoms with Gasteiger partial charge in [-0.05, 0) is 54.8 Å². The number of nitrogens with one attached hydrogen (secondary N) is 2. The molecular formula is C30H28N4O3S. The maximum atomic E-state index is 13.8. The molecule has 7 nitrogen and oxygen atoms in total. The van der Waals surface area contributed by atoms with Gasteiger partial charge in [0.1, 0.15) is 16.8 Å². The highest BCUT2D eigenvalue weighted by molar-refractivity contribution is 7.99. The monoisotopic (exact) mass is 524 g/mol. The molecule has 3 aromatic carbocycles. The number of ether oxygens (including phenoxy) is 1. The van der Waals surface area contributed by atoms with Gasteiger partial charge < -0.3 is 15.0 Å². The standard InChI is InChI=1S/C30H28N4O3S/c1-3-20-10-8-9-13-25(20)32-26(35)19-38-30-33-27-24(21-11-6-5-7-12-21)18-31-28(27)29(36)34(30)22-14-16-23(17-15-22)37-4-2/h5-18,31H,3-4,19H2,1-2H3,(H,32,35). The van der Waals surface area contributed by atoms with Crippen LogP contribution in [-0.2, 0) is 11.2 Å². The molecule has 2 heterocycles. The number of carbonyl (C=O) groups is 1. The fourth-order valence-electron chi connectivity index (χ4n) is 4.33. The van der Waals surface area contributed by atoms with Crippen LogP contribution in [0.4, 0.5) is 5.69 Å². The Labute approximate surface area is 224 Å². The number of hydrogen-bond donors (Lipinski definition) is 2. The largest absolute Gasteiger partial charge is 0.494 e. The van der Waals surface area contributed by atoms with E-state index in [2.05, 4.69) is 17.2 Å². The molecule has 0 aliphatic rings. The van der Waals surface area contributed by atoms with Crippen molar-refractivity contribution in [2.45, 2.75) is 25.4 Å². The molecule has 0 saturated heterocycles. The number of benzene rings is 3. The maximum absolute atomic E-state index is 13.8. The number of para-hydroxylation sites is 1. The number of amides is 1. The van der Waals surface area contributed by atoms with Gasteiger partial charge in [-0.25, -0.2) is 4.98 Å². The number of rotatable bonds is 9. The van der Waals surface area contributed by atoms with Crippen molar-refractivity contribution in [3.05, 3.63) is 101 Å². The minimum atomic E-state index is -0.236. The number of nitrogens with zero attached hydrogens (tertiary/aromatic N) is 2. The van der Waals surface area contributed by atoms with Crippen molar-refractivity contribution in [3.63, 3.8) is 0 Å². The zero-order valence-electron chi connectivity index (χ0n) is 21.2. The third-order valence-corrected chi connectivity index (χ3v) is 7.10. The number of aromatic nitrogens is 3. The highest BCUT2D eigenvalue weighted by atomic mass is 32.2. The van der Waals surface area contributed by atoms with Crippen LogP contribution in [0.5, 0.6) is 5.75 Å². The van der Waals surface area contributed by atoms with E-state index < -0.39 is 0 Å². The van der Waals surface area contributed by atoms with E-state index in [0.717, 1.165) is 28.8 Å². The van der Waals surface area contributed by atoms with Crippen LogP contribution in [0.25, 0.3) is 27.8 Å². The third kappa shape index (κ3) is 5.21. The van der Waals surface area contributed by atoms with Crippen LogP contribution in [0.2, 0.25) is 0 Å². The van der Waals surface area contributed by atoms with E-state index in [-0.39, 0.29) is 17.2 Å². The molecule has 192 valence electrons. The lowest BCUT2D eigenvalue weighted by molar-refractivity contribution is -0.113. The van der Waals surface area contributed by atoms with Crippen molar-refractivity contribution in [1.29, 1.82) is 0 Å². The Morgan fingerprint density at radius 3 is 2.47 bits per heavy atom. The summed E-state index contributed by atoms with van der Waals surface area (Å²) in [7, 11) is 0. The Morgan fingerprint density at radius 2 is 1.74 bits per heavy atom. The number of thioether (sulfide) groups is 1. The van der Waals surface area contributed by atoms with Crippen LogP contribution in [0.1, 0.15) is 19.4 Å². The maximum Gasteiger partial charge on any atom is 0.283 e. The summed E-state index contributed by atoms with van der Waals surface area (Å²) < 4.78 is 7.11. The lowest BCUT2D eigenvalue weighted by Crippen LogP contribution is -2.23. The Bertz CT molecular complexity index is 1630. The minimum absolute atomic E-state index is 0.0954. The van der Waals surface area contributed by atoms with Gasteiger partial charge in [-0.2, -0.15) is 0 Å². The first kappa shape index (κ1) is 25.4. The van der Waals surface area contributed by atoms with Crippen molar-refractivity contribution in [1.82, 2.24) is 14.5 Å². The third-order valence-electron chi connectivity index (χ3n) is 6.16.